The van der Waals surface area contributed by atoms with Gasteiger partial charge in [0, 0.05) is 17.7 Å². The van der Waals surface area contributed by atoms with E-state index in [1.165, 1.54) is 0 Å². The Morgan fingerprint density at radius 3 is 2.58 bits per heavy atom. The van der Waals surface area contributed by atoms with Gasteiger partial charge in [-0.1, -0.05) is 52.0 Å². The third-order valence-corrected chi connectivity index (χ3v) is 7.19. The van der Waals surface area contributed by atoms with Crippen LogP contribution in [-0.2, 0) is 12.8 Å². The van der Waals surface area contributed by atoms with Crippen molar-refractivity contribution >= 4 is 16.7 Å². The van der Waals surface area contributed by atoms with Gasteiger partial charge in [0.1, 0.15) is 5.75 Å². The third-order valence-electron chi connectivity index (χ3n) is 7.19. The molecule has 0 unspecified atom stereocenters. The van der Waals surface area contributed by atoms with Crippen molar-refractivity contribution in [1.29, 1.82) is 0 Å². The summed E-state index contributed by atoms with van der Waals surface area (Å²) in [5.41, 5.74) is 3.45. The Balaban J connectivity index is 1.74. The molecule has 1 aliphatic carbocycles. The van der Waals surface area contributed by atoms with Crippen LogP contribution >= 0.6 is 0 Å². The van der Waals surface area contributed by atoms with Gasteiger partial charge in [0.2, 0.25) is 5.95 Å². The molecule has 6 heteroatoms. The van der Waals surface area contributed by atoms with Gasteiger partial charge in [0.25, 0.3) is 6.43 Å². The van der Waals surface area contributed by atoms with Gasteiger partial charge in [0.15, 0.2) is 0 Å². The van der Waals surface area contributed by atoms with E-state index in [0.29, 0.717) is 18.9 Å². The highest BCUT2D eigenvalue weighted by Crippen LogP contribution is 2.43. The van der Waals surface area contributed by atoms with E-state index in [1.54, 1.807) is 17.0 Å². The monoisotopic (exact) mass is 451 g/mol. The number of benzene rings is 2. The van der Waals surface area contributed by atoms with Crippen molar-refractivity contribution < 1.29 is 13.9 Å². The second-order valence-electron chi connectivity index (χ2n) is 11.3. The second-order valence-corrected chi connectivity index (χ2v) is 11.3. The molecule has 1 atom stereocenters. The first kappa shape index (κ1) is 22.1. The van der Waals surface area contributed by atoms with Gasteiger partial charge in [-0.25, -0.2) is 18.7 Å². The molecular weight excluding hydrogens is 420 g/mol. The molecule has 0 radical (unpaired) electrons. The summed E-state index contributed by atoms with van der Waals surface area (Å²) >= 11 is 0. The lowest BCUT2D eigenvalue weighted by molar-refractivity contribution is 0.111. The Bertz CT molecular complexity index is 1220. The zero-order valence-electron chi connectivity index (χ0n) is 19.7. The summed E-state index contributed by atoms with van der Waals surface area (Å²) in [5.74, 6) is 0.547. The van der Waals surface area contributed by atoms with Crippen LogP contribution in [0.2, 0.25) is 0 Å². The van der Waals surface area contributed by atoms with Crippen LogP contribution in [0.15, 0.2) is 36.4 Å². The Labute approximate surface area is 193 Å². The first-order chi connectivity index (χ1) is 15.5. The fourth-order valence-electron chi connectivity index (χ4n) is 5.54. The number of aromatic hydroxyl groups is 1. The van der Waals surface area contributed by atoms with Crippen molar-refractivity contribution in [2.45, 2.75) is 65.8 Å². The highest BCUT2D eigenvalue weighted by Gasteiger charge is 2.44. The van der Waals surface area contributed by atoms with Gasteiger partial charge in [-0.15, -0.1) is 0 Å². The quantitative estimate of drug-likeness (QED) is 0.501. The van der Waals surface area contributed by atoms with E-state index in [9.17, 15) is 13.9 Å². The zero-order chi connectivity index (χ0) is 23.5. The lowest BCUT2D eigenvalue weighted by Gasteiger charge is -2.33. The molecule has 4 nitrogen and oxygen atoms in total. The average molecular weight is 452 g/mol. The van der Waals surface area contributed by atoms with Gasteiger partial charge >= 0.3 is 0 Å². The summed E-state index contributed by atoms with van der Waals surface area (Å²) in [4.78, 5) is 11.6. The number of alkyl halides is 2. The molecule has 5 rings (SSSR count). The Morgan fingerprint density at radius 2 is 1.82 bits per heavy atom. The molecule has 0 saturated carbocycles. The van der Waals surface area contributed by atoms with Crippen LogP contribution in [0.4, 0.5) is 14.7 Å². The van der Waals surface area contributed by atoms with Gasteiger partial charge in [0.05, 0.1) is 17.4 Å². The van der Waals surface area contributed by atoms with Crippen LogP contribution in [0.25, 0.3) is 22.0 Å². The van der Waals surface area contributed by atoms with Crippen LogP contribution in [-0.4, -0.2) is 34.1 Å². The van der Waals surface area contributed by atoms with Crippen LogP contribution < -0.4 is 4.90 Å². The number of rotatable bonds is 3. The fourth-order valence-corrected chi connectivity index (χ4v) is 5.54. The lowest BCUT2D eigenvalue weighted by Crippen LogP contribution is -2.37. The second kappa shape index (κ2) is 7.64. The molecule has 1 saturated heterocycles. The minimum absolute atomic E-state index is 0.0865. The molecule has 0 bridgehead atoms. The zero-order valence-corrected chi connectivity index (χ0v) is 19.7. The average Bonchev–Trinajstić information content (AvgIpc) is 3.07. The number of hydrogen-bond donors (Lipinski definition) is 1. The summed E-state index contributed by atoms with van der Waals surface area (Å²) in [6.45, 7) is 8.98. The Morgan fingerprint density at radius 1 is 1.06 bits per heavy atom. The first-order valence-electron chi connectivity index (χ1n) is 11.7. The number of phenols is 1. The van der Waals surface area contributed by atoms with Gasteiger partial charge < -0.3 is 10.0 Å². The summed E-state index contributed by atoms with van der Waals surface area (Å²) in [5, 5.41) is 12.4. The highest BCUT2D eigenvalue weighted by atomic mass is 19.3. The largest absolute Gasteiger partial charge is 0.508 e. The third kappa shape index (κ3) is 4.04. The number of aromatic nitrogens is 2. The molecule has 0 spiro atoms. The topological polar surface area (TPSA) is 49.2 Å². The molecule has 2 aliphatic rings. The molecule has 174 valence electrons. The predicted octanol–water partition coefficient (Wildman–Crippen LogP) is 6.39. The number of phenolic OH excluding ortho intramolecular Hbond substituents is 1. The van der Waals surface area contributed by atoms with Crippen molar-refractivity contribution in [3.8, 4) is 17.0 Å². The van der Waals surface area contributed by atoms with Crippen LogP contribution in [0.3, 0.4) is 0 Å². The lowest BCUT2D eigenvalue weighted by atomic mass is 9.75. The van der Waals surface area contributed by atoms with E-state index in [-0.39, 0.29) is 16.6 Å². The van der Waals surface area contributed by atoms with E-state index in [2.05, 4.69) is 13.8 Å². The van der Waals surface area contributed by atoms with Gasteiger partial charge in [-0.3, -0.25) is 0 Å². The van der Waals surface area contributed by atoms with E-state index in [4.69, 9.17) is 9.97 Å². The van der Waals surface area contributed by atoms with E-state index >= 15 is 0 Å². The normalized spacial score (nSPS) is 21.5. The number of hydrogen-bond acceptors (Lipinski definition) is 4. The SMILES string of the molecule is CC1(C)CCc2c(nc(N3CC(C)(C)C[C@H]3C(F)F)nc2-c2cc(O)cc3ccccc23)C1. The molecule has 2 aromatic carbocycles. The van der Waals surface area contributed by atoms with Crippen molar-refractivity contribution in [3.63, 3.8) is 0 Å². The molecule has 1 aromatic heterocycles. The van der Waals surface area contributed by atoms with Crippen molar-refractivity contribution in [2.24, 2.45) is 10.8 Å². The molecule has 1 fully saturated rings. The molecule has 2 heterocycles. The number of anilines is 1. The number of halogens is 2. The van der Waals surface area contributed by atoms with Crippen molar-refractivity contribution in [2.75, 3.05) is 11.4 Å². The van der Waals surface area contributed by atoms with Crippen LogP contribution in [0.1, 0.15) is 51.8 Å². The van der Waals surface area contributed by atoms with E-state index < -0.39 is 12.5 Å². The number of nitrogens with zero attached hydrogens (tertiary/aromatic N) is 3. The molecule has 1 aliphatic heterocycles. The molecule has 33 heavy (non-hydrogen) atoms. The highest BCUT2D eigenvalue weighted by molar-refractivity contribution is 5.98. The van der Waals surface area contributed by atoms with E-state index in [0.717, 1.165) is 52.5 Å². The number of fused-ring (bicyclic) bond motifs is 2. The molecular formula is C27H31F2N3O. The maximum Gasteiger partial charge on any atom is 0.258 e. The predicted molar refractivity (Wildman–Crippen MR) is 128 cm³/mol. The summed E-state index contributed by atoms with van der Waals surface area (Å²) in [6, 6.07) is 10.5. The molecule has 0 amide bonds. The maximum atomic E-state index is 14.0. The van der Waals surface area contributed by atoms with Gasteiger partial charge in [-0.2, -0.15) is 0 Å². The van der Waals surface area contributed by atoms with Crippen molar-refractivity contribution in [3.05, 3.63) is 47.7 Å². The first-order valence-corrected chi connectivity index (χ1v) is 11.7. The van der Waals surface area contributed by atoms with Crippen LogP contribution in [0.5, 0.6) is 5.75 Å². The standard InChI is InChI=1S/C27H31F2N3O/c1-26(2)10-9-19-21(13-26)30-25(32-15-27(3,4)14-22(32)24(28)29)31-23(19)20-12-17(33)11-16-7-5-6-8-18(16)20/h5-8,11-12,22,24,33H,9-10,13-15H2,1-4H3/t22-/m0/s1. The molecule has 3 aromatic rings. The summed E-state index contributed by atoms with van der Waals surface area (Å²) in [7, 11) is 0. The Hall–Kier alpha value is -2.76. The summed E-state index contributed by atoms with van der Waals surface area (Å²) < 4.78 is 28.1. The van der Waals surface area contributed by atoms with Crippen LogP contribution in [0, 0.1) is 10.8 Å². The summed E-state index contributed by atoms with van der Waals surface area (Å²) in [6.07, 6.45) is 0.543. The minimum Gasteiger partial charge on any atom is -0.508 e. The smallest absolute Gasteiger partial charge is 0.258 e. The molecule has 1 N–H and O–H groups in total. The van der Waals surface area contributed by atoms with Crippen molar-refractivity contribution in [1.82, 2.24) is 9.97 Å². The fraction of sp³-hybridized carbons (Fsp3) is 0.481. The Kier molecular flexibility index (Phi) is 5.11. The minimum atomic E-state index is -2.46. The van der Waals surface area contributed by atoms with Gasteiger partial charge in [-0.05, 0) is 59.4 Å². The maximum absolute atomic E-state index is 14.0. The van der Waals surface area contributed by atoms with E-state index in [1.807, 2.05) is 38.1 Å².